The van der Waals surface area contributed by atoms with Gasteiger partial charge in [-0.05, 0) is 59.1 Å². The zero-order valence-corrected chi connectivity index (χ0v) is 13.4. The first kappa shape index (κ1) is 14.3. The van der Waals surface area contributed by atoms with Crippen LogP contribution in [0.2, 0.25) is 0 Å². The molecular formula is C17H15BrFNO. The lowest BCUT2D eigenvalue weighted by Gasteiger charge is -2.14. The number of hydrogen-bond acceptors (Lipinski definition) is 2. The summed E-state index contributed by atoms with van der Waals surface area (Å²) in [4.78, 5) is 0. The number of halogens is 2. The Balaban J connectivity index is 2.12. The van der Waals surface area contributed by atoms with Crippen LogP contribution in [0.5, 0.6) is 0 Å². The first-order chi connectivity index (χ1) is 9.97. The fourth-order valence-corrected chi connectivity index (χ4v) is 3.13. The first-order valence-electron chi connectivity index (χ1n) is 6.67. The second kappa shape index (κ2) is 5.28. The average Bonchev–Trinajstić information content (AvgIpc) is 2.82. The van der Waals surface area contributed by atoms with Gasteiger partial charge in [0.15, 0.2) is 0 Å². The molecular weight excluding hydrogens is 333 g/mol. The number of aryl methyl sites for hydroxylation is 2. The molecule has 1 unspecified atom stereocenters. The van der Waals surface area contributed by atoms with Gasteiger partial charge in [0.1, 0.15) is 17.2 Å². The predicted octanol–water partition coefficient (Wildman–Crippen LogP) is 5.00. The van der Waals surface area contributed by atoms with Crippen LogP contribution in [0.15, 0.2) is 45.3 Å². The summed E-state index contributed by atoms with van der Waals surface area (Å²) in [6.45, 7) is 3.73. The van der Waals surface area contributed by atoms with Gasteiger partial charge >= 0.3 is 0 Å². The fraction of sp³-hybridized carbons (Fsp3) is 0.176. The summed E-state index contributed by atoms with van der Waals surface area (Å²) in [5, 5.41) is 0.944. The smallest absolute Gasteiger partial charge is 0.148 e. The van der Waals surface area contributed by atoms with Gasteiger partial charge in [-0.2, -0.15) is 0 Å². The summed E-state index contributed by atoms with van der Waals surface area (Å²) in [6.07, 6.45) is 0. The summed E-state index contributed by atoms with van der Waals surface area (Å²) in [5.74, 6) is 0.266. The molecule has 2 aromatic carbocycles. The quantitative estimate of drug-likeness (QED) is 0.708. The van der Waals surface area contributed by atoms with E-state index < -0.39 is 6.04 Å². The summed E-state index contributed by atoms with van der Waals surface area (Å²) >= 11 is 3.45. The molecule has 2 N–H and O–H groups in total. The summed E-state index contributed by atoms with van der Waals surface area (Å²) in [5.41, 5.74) is 9.16. The van der Waals surface area contributed by atoms with Crippen molar-refractivity contribution in [3.05, 3.63) is 69.1 Å². The monoisotopic (exact) mass is 347 g/mol. The van der Waals surface area contributed by atoms with Crippen molar-refractivity contribution in [2.75, 3.05) is 0 Å². The van der Waals surface area contributed by atoms with Crippen molar-refractivity contribution in [1.29, 1.82) is 0 Å². The molecule has 108 valence electrons. The lowest BCUT2D eigenvalue weighted by molar-refractivity contribution is 0.507. The van der Waals surface area contributed by atoms with E-state index in [1.165, 1.54) is 6.07 Å². The first-order valence-corrected chi connectivity index (χ1v) is 7.47. The summed E-state index contributed by atoms with van der Waals surface area (Å²) in [6, 6.07) is 10.4. The minimum Gasteiger partial charge on any atom is -0.458 e. The predicted molar refractivity (Wildman–Crippen MR) is 85.8 cm³/mol. The second-order valence-corrected chi connectivity index (χ2v) is 6.12. The van der Waals surface area contributed by atoms with E-state index in [9.17, 15) is 4.39 Å². The Morgan fingerprint density at radius 3 is 2.62 bits per heavy atom. The Labute approximate surface area is 130 Å². The van der Waals surface area contributed by atoms with Gasteiger partial charge in [-0.25, -0.2) is 4.39 Å². The minimum absolute atomic E-state index is 0.292. The lowest BCUT2D eigenvalue weighted by atomic mass is 9.97. The molecule has 1 aromatic heterocycles. The number of nitrogens with two attached hydrogens (primary N) is 1. The SMILES string of the molecule is Cc1cc(C)c(C(N)c2cc3cccc(Br)c3o2)c(F)c1. The Morgan fingerprint density at radius 2 is 1.95 bits per heavy atom. The van der Waals surface area contributed by atoms with Gasteiger partial charge in [0.25, 0.3) is 0 Å². The largest absolute Gasteiger partial charge is 0.458 e. The number of para-hydroxylation sites is 1. The Bertz CT molecular complexity index is 802. The molecule has 4 heteroatoms. The minimum atomic E-state index is -0.620. The molecule has 0 aliphatic carbocycles. The van der Waals surface area contributed by atoms with Gasteiger partial charge in [-0.15, -0.1) is 0 Å². The van der Waals surface area contributed by atoms with Crippen LogP contribution in [0.25, 0.3) is 11.0 Å². The van der Waals surface area contributed by atoms with Crippen LogP contribution in [-0.2, 0) is 0 Å². The third-order valence-corrected chi connectivity index (χ3v) is 4.24. The van der Waals surface area contributed by atoms with Crippen molar-refractivity contribution in [3.8, 4) is 0 Å². The molecule has 21 heavy (non-hydrogen) atoms. The van der Waals surface area contributed by atoms with Gasteiger partial charge in [-0.3, -0.25) is 0 Å². The van der Waals surface area contributed by atoms with Crippen LogP contribution in [0, 0.1) is 19.7 Å². The molecule has 2 nitrogen and oxygen atoms in total. The Kier molecular flexibility index (Phi) is 3.59. The van der Waals surface area contributed by atoms with E-state index in [1.54, 1.807) is 0 Å². The molecule has 0 aliphatic heterocycles. The van der Waals surface area contributed by atoms with E-state index in [4.69, 9.17) is 10.2 Å². The molecule has 0 fully saturated rings. The maximum Gasteiger partial charge on any atom is 0.148 e. The average molecular weight is 348 g/mol. The van der Waals surface area contributed by atoms with Gasteiger partial charge in [0.05, 0.1) is 10.5 Å². The summed E-state index contributed by atoms with van der Waals surface area (Å²) < 4.78 is 20.9. The molecule has 1 atom stereocenters. The normalized spacial score (nSPS) is 12.8. The topological polar surface area (TPSA) is 39.2 Å². The maximum atomic E-state index is 14.3. The standard InChI is InChI=1S/C17H15BrFNO/c1-9-6-10(2)15(13(19)7-9)16(20)14-8-11-4-3-5-12(18)17(11)21-14/h3-8,16H,20H2,1-2H3. The molecule has 0 aliphatic rings. The van der Waals surface area contributed by atoms with Crippen LogP contribution in [0.4, 0.5) is 4.39 Å². The van der Waals surface area contributed by atoms with Crippen molar-refractivity contribution in [1.82, 2.24) is 0 Å². The molecule has 0 amide bonds. The van der Waals surface area contributed by atoms with Crippen LogP contribution in [0.1, 0.15) is 28.5 Å². The molecule has 1 heterocycles. The molecule has 0 bridgehead atoms. The van der Waals surface area contributed by atoms with Crippen LogP contribution in [0.3, 0.4) is 0 Å². The number of furan rings is 1. The fourth-order valence-electron chi connectivity index (χ4n) is 2.66. The van der Waals surface area contributed by atoms with Crippen molar-refractivity contribution in [3.63, 3.8) is 0 Å². The lowest BCUT2D eigenvalue weighted by Crippen LogP contribution is -2.14. The third-order valence-electron chi connectivity index (χ3n) is 3.61. The Morgan fingerprint density at radius 1 is 1.19 bits per heavy atom. The highest BCUT2D eigenvalue weighted by Crippen LogP contribution is 2.33. The molecule has 0 spiro atoms. The van der Waals surface area contributed by atoms with Gasteiger partial charge in [-0.1, -0.05) is 18.2 Å². The maximum absolute atomic E-state index is 14.3. The van der Waals surface area contributed by atoms with Crippen molar-refractivity contribution in [2.24, 2.45) is 5.73 Å². The summed E-state index contributed by atoms with van der Waals surface area (Å²) in [7, 11) is 0. The van der Waals surface area contributed by atoms with Crippen LogP contribution < -0.4 is 5.73 Å². The van der Waals surface area contributed by atoms with E-state index in [-0.39, 0.29) is 5.82 Å². The van der Waals surface area contributed by atoms with E-state index in [0.717, 1.165) is 26.6 Å². The Hall–Kier alpha value is -1.65. The van der Waals surface area contributed by atoms with E-state index in [0.29, 0.717) is 11.3 Å². The molecule has 3 aromatic rings. The van der Waals surface area contributed by atoms with Crippen molar-refractivity contribution < 1.29 is 8.81 Å². The second-order valence-electron chi connectivity index (χ2n) is 5.26. The van der Waals surface area contributed by atoms with Crippen molar-refractivity contribution in [2.45, 2.75) is 19.9 Å². The van der Waals surface area contributed by atoms with Gasteiger partial charge in [0.2, 0.25) is 0 Å². The number of rotatable bonds is 2. The highest BCUT2D eigenvalue weighted by atomic mass is 79.9. The van der Waals surface area contributed by atoms with E-state index in [2.05, 4.69) is 15.9 Å². The third kappa shape index (κ3) is 2.49. The van der Waals surface area contributed by atoms with Crippen LogP contribution >= 0.6 is 15.9 Å². The zero-order chi connectivity index (χ0) is 15.1. The number of fused-ring (bicyclic) bond motifs is 1. The van der Waals surface area contributed by atoms with E-state index >= 15 is 0 Å². The van der Waals surface area contributed by atoms with Crippen molar-refractivity contribution >= 4 is 26.9 Å². The highest BCUT2D eigenvalue weighted by molar-refractivity contribution is 9.10. The van der Waals surface area contributed by atoms with E-state index in [1.807, 2.05) is 44.2 Å². The number of benzene rings is 2. The van der Waals surface area contributed by atoms with Gasteiger partial charge < -0.3 is 10.2 Å². The molecule has 0 saturated heterocycles. The van der Waals surface area contributed by atoms with Gasteiger partial charge in [0, 0.05) is 10.9 Å². The number of hydrogen-bond donors (Lipinski definition) is 1. The molecule has 0 radical (unpaired) electrons. The zero-order valence-electron chi connectivity index (χ0n) is 11.8. The van der Waals surface area contributed by atoms with Crippen LogP contribution in [-0.4, -0.2) is 0 Å². The highest BCUT2D eigenvalue weighted by Gasteiger charge is 2.20. The molecule has 3 rings (SSSR count). The molecule has 0 saturated carbocycles.